The highest BCUT2D eigenvalue weighted by molar-refractivity contribution is 5.89. The number of amides is 3. The molecule has 62 heavy (non-hydrogen) atoms. The Bertz CT molecular complexity index is 2570. The molecule has 12 heteroatoms. The summed E-state index contributed by atoms with van der Waals surface area (Å²) in [5, 5.41) is 2.75. The summed E-state index contributed by atoms with van der Waals surface area (Å²) >= 11 is 0. The molecule has 3 aromatic carbocycles. The Kier molecular flexibility index (Phi) is 10.5. The minimum atomic E-state index is -0.672. The number of imidazole rings is 2. The van der Waals surface area contributed by atoms with Gasteiger partial charge in [0.15, 0.2) is 0 Å². The van der Waals surface area contributed by atoms with Gasteiger partial charge in [-0.15, -0.1) is 0 Å². The van der Waals surface area contributed by atoms with Crippen molar-refractivity contribution in [3.63, 3.8) is 0 Å². The maximum Gasteiger partial charge on any atom is 0.407 e. The number of ether oxygens (including phenoxy) is 1. The molecule has 324 valence electrons. The first-order valence-corrected chi connectivity index (χ1v) is 23.1. The van der Waals surface area contributed by atoms with Crippen LogP contribution < -0.4 is 11.1 Å². The number of H-pyrrole nitrogens is 2. The predicted molar refractivity (Wildman–Crippen MR) is 240 cm³/mol. The van der Waals surface area contributed by atoms with E-state index >= 15 is 0 Å². The van der Waals surface area contributed by atoms with Crippen LogP contribution in [0.25, 0.3) is 44.5 Å². The Balaban J connectivity index is 0.944. The van der Waals surface area contributed by atoms with Gasteiger partial charge in [-0.1, -0.05) is 58.0 Å². The van der Waals surface area contributed by atoms with Crippen LogP contribution in [0.15, 0.2) is 48.7 Å². The van der Waals surface area contributed by atoms with Crippen molar-refractivity contribution in [2.75, 3.05) is 20.2 Å². The Hall–Kier alpha value is -5.49. The van der Waals surface area contributed by atoms with Crippen LogP contribution in [0.5, 0.6) is 0 Å². The largest absolute Gasteiger partial charge is 0.453 e. The number of alkyl carbamates (subject to hydrolysis) is 1. The minimum absolute atomic E-state index is 0.0125. The summed E-state index contributed by atoms with van der Waals surface area (Å²) in [6.07, 6.45) is 11.7. The number of hydrogen-bond acceptors (Lipinski definition) is 7. The fourth-order valence-electron chi connectivity index (χ4n) is 11.5. The van der Waals surface area contributed by atoms with Crippen molar-refractivity contribution >= 4 is 28.9 Å². The summed E-state index contributed by atoms with van der Waals surface area (Å²) in [6, 6.07) is 14.6. The van der Waals surface area contributed by atoms with Crippen LogP contribution >= 0.6 is 0 Å². The normalized spacial score (nSPS) is 22.5. The van der Waals surface area contributed by atoms with E-state index in [-0.39, 0.29) is 35.7 Å². The predicted octanol–water partition coefficient (Wildman–Crippen LogP) is 8.52. The van der Waals surface area contributed by atoms with E-state index in [0.29, 0.717) is 24.9 Å². The van der Waals surface area contributed by atoms with E-state index in [1.165, 1.54) is 64.5 Å². The quantitative estimate of drug-likeness (QED) is 0.110. The third-order valence-corrected chi connectivity index (χ3v) is 15.0. The molecule has 0 bridgehead atoms. The summed E-state index contributed by atoms with van der Waals surface area (Å²) < 4.78 is 4.83. The number of carbonyl (C=O) groups excluding carboxylic acids is 3. The smallest absolute Gasteiger partial charge is 0.407 e. The van der Waals surface area contributed by atoms with Crippen molar-refractivity contribution in [1.82, 2.24) is 35.1 Å². The number of hydrogen-bond donors (Lipinski definition) is 4. The molecule has 5 N–H and O–H groups in total. The van der Waals surface area contributed by atoms with Crippen molar-refractivity contribution < 1.29 is 19.1 Å². The van der Waals surface area contributed by atoms with E-state index in [2.05, 4.69) is 57.7 Å². The average molecular weight is 837 g/mol. The fraction of sp³-hybridized carbons (Fsp3) is 0.500. The summed E-state index contributed by atoms with van der Waals surface area (Å²) in [7, 11) is 1.32. The first-order valence-electron chi connectivity index (χ1n) is 23.1. The number of nitrogens with two attached hydrogens (primary N) is 1. The van der Waals surface area contributed by atoms with Crippen molar-refractivity contribution in [2.24, 2.45) is 23.5 Å². The van der Waals surface area contributed by atoms with Gasteiger partial charge in [0.2, 0.25) is 11.8 Å². The summed E-state index contributed by atoms with van der Waals surface area (Å²) in [4.78, 5) is 60.3. The highest BCUT2D eigenvalue weighted by Crippen LogP contribution is 2.57. The van der Waals surface area contributed by atoms with Crippen molar-refractivity contribution in [1.29, 1.82) is 0 Å². The molecule has 2 unspecified atom stereocenters. The molecule has 0 radical (unpaired) electrons. The van der Waals surface area contributed by atoms with Crippen LogP contribution in [-0.2, 0) is 33.6 Å². The second-order valence-electron chi connectivity index (χ2n) is 19.2. The van der Waals surface area contributed by atoms with Crippen LogP contribution in [-0.4, -0.2) is 79.9 Å². The molecule has 2 aliphatic heterocycles. The lowest BCUT2D eigenvalue weighted by molar-refractivity contribution is -0.136. The highest BCUT2D eigenvalue weighted by atomic mass is 16.5. The van der Waals surface area contributed by atoms with Crippen LogP contribution in [0.3, 0.4) is 0 Å². The molecule has 0 spiro atoms. The molecule has 6 atom stereocenters. The molecular formula is C50H60N8O4. The van der Waals surface area contributed by atoms with Gasteiger partial charge in [-0.3, -0.25) is 9.59 Å². The second kappa shape index (κ2) is 16.0. The van der Waals surface area contributed by atoms with Gasteiger partial charge in [-0.2, -0.15) is 0 Å². The monoisotopic (exact) mass is 836 g/mol. The molecule has 2 saturated heterocycles. The summed E-state index contributed by atoms with van der Waals surface area (Å²) in [6.45, 7) is 9.21. The maximum atomic E-state index is 13.8. The minimum Gasteiger partial charge on any atom is -0.453 e. The molecule has 5 aromatic rings. The van der Waals surface area contributed by atoms with E-state index in [1.807, 2.05) is 43.7 Å². The van der Waals surface area contributed by atoms with E-state index in [4.69, 9.17) is 20.4 Å². The highest BCUT2D eigenvalue weighted by Gasteiger charge is 2.43. The third-order valence-electron chi connectivity index (χ3n) is 15.0. The van der Waals surface area contributed by atoms with Gasteiger partial charge in [0.1, 0.15) is 17.7 Å². The number of methoxy groups -OCH3 is 1. The van der Waals surface area contributed by atoms with Crippen molar-refractivity contribution in [2.45, 2.75) is 122 Å². The molecule has 10 rings (SSSR count). The zero-order valence-corrected chi connectivity index (χ0v) is 36.7. The lowest BCUT2D eigenvalue weighted by Crippen LogP contribution is -2.51. The van der Waals surface area contributed by atoms with Gasteiger partial charge in [0, 0.05) is 18.7 Å². The Morgan fingerprint density at radius 2 is 1.47 bits per heavy atom. The Labute approximate surface area is 363 Å². The zero-order valence-electron chi connectivity index (χ0n) is 36.7. The topological polar surface area (TPSA) is 162 Å². The number of rotatable bonds is 10. The number of likely N-dealkylation sites (tertiary alicyclic amines) is 2. The SMILES string of the molecule is COC(=O)N[C@H](C(=O)N1CCC[C@H]1c1ncc(-c2ccc(-c3ccc(-c4ccc5nc([C@@H]6CCCN6C(=O)[C@@H](N)C(C)C)[nH]c5c4)c4c3C3CCC3C4)c3c2CCC3)[nH]1)C(C)C. The molecule has 2 aromatic heterocycles. The van der Waals surface area contributed by atoms with Gasteiger partial charge in [-0.25, -0.2) is 14.8 Å². The lowest BCUT2D eigenvalue weighted by atomic mass is 9.72. The van der Waals surface area contributed by atoms with Crippen molar-refractivity contribution in [3.05, 3.63) is 82.6 Å². The van der Waals surface area contributed by atoms with Gasteiger partial charge >= 0.3 is 6.09 Å². The van der Waals surface area contributed by atoms with Crippen LogP contribution in [0.2, 0.25) is 0 Å². The van der Waals surface area contributed by atoms with Crippen LogP contribution in [0.1, 0.15) is 125 Å². The van der Waals surface area contributed by atoms with Gasteiger partial charge in [0.05, 0.1) is 48.2 Å². The molecule has 3 amide bonds. The summed E-state index contributed by atoms with van der Waals surface area (Å²) in [5.74, 6) is 2.82. The molecule has 3 aliphatic carbocycles. The number of aromatic amines is 2. The molecule has 5 aliphatic rings. The number of aromatic nitrogens is 4. The molecule has 3 fully saturated rings. The first kappa shape index (κ1) is 40.6. The summed E-state index contributed by atoms with van der Waals surface area (Å²) in [5.41, 5.74) is 21.6. The number of fused-ring (bicyclic) bond motifs is 5. The molecule has 12 nitrogen and oxygen atoms in total. The maximum absolute atomic E-state index is 13.8. The van der Waals surface area contributed by atoms with E-state index < -0.39 is 18.2 Å². The van der Waals surface area contributed by atoms with E-state index in [0.717, 1.165) is 79.7 Å². The molecular weight excluding hydrogens is 777 g/mol. The lowest BCUT2D eigenvalue weighted by Gasteiger charge is -2.32. The van der Waals surface area contributed by atoms with Gasteiger partial charge < -0.3 is 35.6 Å². The third kappa shape index (κ3) is 6.80. The second-order valence-corrected chi connectivity index (χ2v) is 19.2. The Morgan fingerprint density at radius 3 is 2.18 bits per heavy atom. The van der Waals surface area contributed by atoms with E-state index in [1.54, 1.807) is 5.56 Å². The van der Waals surface area contributed by atoms with Crippen LogP contribution in [0, 0.1) is 17.8 Å². The number of nitrogens with one attached hydrogen (secondary N) is 3. The molecule has 1 saturated carbocycles. The fourth-order valence-corrected chi connectivity index (χ4v) is 11.5. The van der Waals surface area contributed by atoms with Gasteiger partial charge in [-0.05, 0) is 145 Å². The zero-order chi connectivity index (χ0) is 43.0. The molecule has 4 heterocycles. The van der Waals surface area contributed by atoms with Gasteiger partial charge in [0.25, 0.3) is 0 Å². The number of carbonyl (C=O) groups is 3. The first-order chi connectivity index (χ1) is 30.0. The number of benzene rings is 3. The van der Waals surface area contributed by atoms with Crippen LogP contribution in [0.4, 0.5) is 4.79 Å². The Morgan fingerprint density at radius 1 is 0.774 bits per heavy atom. The standard InChI is InChI=1S/C50H60N8O4/c1-26(2)44(51)48(59)57-21-8-12-42(57)47-53-38-20-14-29(24-39(38)54-47)30-16-19-36(43-31-15-13-28(31)23-37(30)43)34-17-18-35(33-10-6-9-32(33)34)40-25-52-46(55-40)41-11-7-22-58(41)49(60)45(27(3)4)56-50(61)62-5/h14,16-20,24-28,31,41-42,44-45H,6-13,15,21-23,51H2,1-5H3,(H,52,55)(H,53,54)(H,56,61)/t28?,31?,41-,42-,44-,45-/m0/s1. The van der Waals surface area contributed by atoms with Crippen molar-refractivity contribution in [3.8, 4) is 33.5 Å². The average Bonchev–Trinajstić information content (AvgIpc) is 4.12. The number of nitrogens with zero attached hydrogens (tertiary/aromatic N) is 4. The van der Waals surface area contributed by atoms with E-state index in [9.17, 15) is 14.4 Å².